The first-order valence-electron chi connectivity index (χ1n) is 41.8. The van der Waals surface area contributed by atoms with Crippen molar-refractivity contribution < 1.29 is 0 Å². The Bertz CT molecular complexity index is 8720. The summed E-state index contributed by atoms with van der Waals surface area (Å²) in [7, 11) is 0. The van der Waals surface area contributed by atoms with Crippen LogP contribution < -0.4 is 0 Å². The third kappa shape index (κ3) is 10.6. The average molecular weight is 1570 g/mol. The van der Waals surface area contributed by atoms with Crippen LogP contribution in [-0.2, 0) is 0 Å². The summed E-state index contributed by atoms with van der Waals surface area (Å²) < 4.78 is 19.7. The first-order valence-corrected chi connectivity index (χ1v) is 42.6. The van der Waals surface area contributed by atoms with Crippen molar-refractivity contribution in [2.45, 2.75) is 0 Å². The van der Waals surface area contributed by atoms with E-state index < -0.39 is 0 Å². The van der Waals surface area contributed by atoms with Crippen LogP contribution in [0.15, 0.2) is 443 Å². The monoisotopic (exact) mass is 1570 g/mol. The van der Waals surface area contributed by atoms with Gasteiger partial charge >= 0.3 is 0 Å². The van der Waals surface area contributed by atoms with Crippen molar-refractivity contribution >= 4 is 184 Å². The highest BCUT2D eigenvalue weighted by Gasteiger charge is 2.25. The highest BCUT2D eigenvalue weighted by molar-refractivity contribution is 7.25. The number of fused-ring (bicyclic) bond motifs is 24. The molecule has 122 heavy (non-hydrogen) atoms. The number of hydrogen-bond acceptors (Lipinski definition) is 1. The van der Waals surface area contributed by atoms with Crippen LogP contribution in [0.1, 0.15) is 0 Å². The first-order chi connectivity index (χ1) is 60.6. The quantitative estimate of drug-likeness (QED) is 0.145. The van der Waals surface area contributed by atoms with Crippen LogP contribution in [0, 0.1) is 0 Å². The Hall–Kier alpha value is -16.0. The van der Waals surface area contributed by atoms with E-state index in [9.17, 15) is 0 Å². The predicted molar refractivity (Wildman–Crippen MR) is 518 cm³/mol. The molecule has 0 N–H and O–H groups in total. The normalized spacial score (nSPS) is 11.9. The molecule has 8 heterocycles. The second-order valence-electron chi connectivity index (χ2n) is 31.8. The Kier molecular flexibility index (Phi) is 15.8. The van der Waals surface area contributed by atoms with Gasteiger partial charge in [-0.2, -0.15) is 0 Å². The zero-order valence-corrected chi connectivity index (χ0v) is 67.0. The van der Waals surface area contributed by atoms with E-state index in [0.29, 0.717) is 0 Å². The number of thiophene rings is 1. The lowest BCUT2D eigenvalue weighted by molar-refractivity contribution is 1.13. The third-order valence-electron chi connectivity index (χ3n) is 25.2. The highest BCUT2D eigenvalue weighted by atomic mass is 32.1. The molecule has 19 aromatic carbocycles. The van der Waals surface area contributed by atoms with Gasteiger partial charge in [-0.1, -0.05) is 285 Å². The summed E-state index contributed by atoms with van der Waals surface area (Å²) >= 11 is 1.87. The molecule has 0 bridgehead atoms. The summed E-state index contributed by atoms with van der Waals surface area (Å²) in [6, 6.07) is 161. The molecule has 0 unspecified atom stereocenters. The van der Waals surface area contributed by atoms with E-state index in [4.69, 9.17) is 0 Å². The number of hydrogen-bond donors (Lipinski definition) is 0. The Balaban J connectivity index is 0.000000101. The lowest BCUT2D eigenvalue weighted by Crippen LogP contribution is -1.99. The van der Waals surface area contributed by atoms with Crippen LogP contribution in [0.4, 0.5) is 0 Å². The van der Waals surface area contributed by atoms with Gasteiger partial charge in [-0.3, -0.25) is 0 Å². The van der Waals surface area contributed by atoms with E-state index in [0.717, 1.165) is 17.1 Å². The van der Waals surface area contributed by atoms with Gasteiger partial charge in [0.05, 0.1) is 94.3 Å². The molecule has 8 aromatic heterocycles. The first kappa shape index (κ1) is 69.2. The van der Waals surface area contributed by atoms with Crippen LogP contribution in [0.25, 0.3) is 224 Å². The zero-order chi connectivity index (χ0) is 80.0. The van der Waals surface area contributed by atoms with Gasteiger partial charge in [-0.25, -0.2) is 0 Å². The fourth-order valence-electron chi connectivity index (χ4n) is 20.2. The van der Waals surface area contributed by atoms with Crippen LogP contribution in [0.5, 0.6) is 0 Å². The summed E-state index contributed by atoms with van der Waals surface area (Å²) in [6.45, 7) is 0. The van der Waals surface area contributed by atoms with Crippen molar-refractivity contribution in [1.82, 2.24) is 32.0 Å². The van der Waals surface area contributed by atoms with Crippen molar-refractivity contribution in [2.24, 2.45) is 0 Å². The van der Waals surface area contributed by atoms with Crippen LogP contribution in [0.3, 0.4) is 0 Å². The highest BCUT2D eigenvalue weighted by Crippen LogP contribution is 2.47. The predicted octanol–water partition coefficient (Wildman–Crippen LogP) is 30.8. The van der Waals surface area contributed by atoms with Crippen molar-refractivity contribution in [1.29, 1.82) is 0 Å². The molecule has 570 valence electrons. The molecule has 0 fully saturated rings. The van der Waals surface area contributed by atoms with Crippen molar-refractivity contribution in [3.63, 3.8) is 0 Å². The van der Waals surface area contributed by atoms with Crippen LogP contribution in [-0.4, -0.2) is 32.0 Å². The number of nitrogens with zero attached hydrogens (tertiary/aromatic N) is 7. The minimum absolute atomic E-state index is 1.14. The second-order valence-corrected chi connectivity index (χ2v) is 32.8. The minimum atomic E-state index is 1.14. The van der Waals surface area contributed by atoms with E-state index in [1.165, 1.54) is 207 Å². The van der Waals surface area contributed by atoms with E-state index in [1.54, 1.807) is 0 Å². The fraction of sp³-hybridized carbons (Fsp3) is 0. The molecule has 0 saturated carbocycles. The molecule has 0 spiro atoms. The molecular formula is C114H73N7S. The average Bonchev–Trinajstić information content (AvgIpc) is 1.57. The molecule has 0 aliphatic rings. The SMILES string of the molecule is c1cc(-n2c3ccccc3c3ccccc32)cc(-n2c3ccccc3c3c(-n4c5ccccc5c5ccccc54)cccc32)c1.c1ccc(-c2cccc(-n3c4ccccc4c4c(-n5c6ccccc6c6ccccc65)cccc43)c2)cc1.c1ccc2c(c1)sc1ccc(-n3c4ccccc4c4c(-n5c6ccccc6c6ccccc65)cccc43)cc12. The van der Waals surface area contributed by atoms with Gasteiger partial charge in [-0.05, 0) is 169 Å². The molecule has 7 nitrogen and oxygen atoms in total. The van der Waals surface area contributed by atoms with Gasteiger partial charge in [0.2, 0.25) is 0 Å². The maximum atomic E-state index is 2.44. The van der Waals surface area contributed by atoms with Gasteiger partial charge in [0.15, 0.2) is 0 Å². The molecule has 0 aliphatic carbocycles. The molecule has 27 rings (SSSR count). The third-order valence-corrected chi connectivity index (χ3v) is 26.4. The summed E-state index contributed by atoms with van der Waals surface area (Å²) in [5, 5.41) is 20.4. The van der Waals surface area contributed by atoms with Gasteiger partial charge in [0.1, 0.15) is 0 Å². The molecule has 0 saturated heterocycles. The van der Waals surface area contributed by atoms with E-state index in [2.05, 4.69) is 475 Å². The van der Waals surface area contributed by atoms with E-state index in [-0.39, 0.29) is 0 Å². The van der Waals surface area contributed by atoms with Crippen LogP contribution >= 0.6 is 11.3 Å². The lowest BCUT2D eigenvalue weighted by atomic mass is 10.1. The maximum absolute atomic E-state index is 2.44. The summed E-state index contributed by atoms with van der Waals surface area (Å²) in [5.41, 5.74) is 27.7. The van der Waals surface area contributed by atoms with Gasteiger partial charge in [0.25, 0.3) is 0 Å². The van der Waals surface area contributed by atoms with Gasteiger partial charge < -0.3 is 32.0 Å². The molecule has 0 radical (unpaired) electrons. The Morgan fingerprint density at radius 2 is 0.369 bits per heavy atom. The lowest BCUT2D eigenvalue weighted by Gasteiger charge is -2.13. The van der Waals surface area contributed by atoms with Gasteiger partial charge in [0, 0.05) is 118 Å². The molecule has 0 aliphatic heterocycles. The minimum Gasteiger partial charge on any atom is -0.309 e. The van der Waals surface area contributed by atoms with Gasteiger partial charge in [-0.15, -0.1) is 11.3 Å². The molecule has 0 atom stereocenters. The topological polar surface area (TPSA) is 34.5 Å². The zero-order valence-electron chi connectivity index (χ0n) is 66.2. The summed E-state index contributed by atoms with van der Waals surface area (Å²) in [4.78, 5) is 0. The van der Waals surface area contributed by atoms with E-state index >= 15 is 0 Å². The van der Waals surface area contributed by atoms with Crippen LogP contribution in [0.2, 0.25) is 0 Å². The number of rotatable bonds is 8. The van der Waals surface area contributed by atoms with E-state index in [1.807, 2.05) is 11.3 Å². The smallest absolute Gasteiger partial charge is 0.0562 e. The Labute approximate surface area is 704 Å². The number of aromatic nitrogens is 7. The Morgan fingerprint density at radius 1 is 0.131 bits per heavy atom. The summed E-state index contributed by atoms with van der Waals surface area (Å²) in [6.07, 6.45) is 0. The number of para-hydroxylation sites is 11. The molecule has 0 amide bonds. The largest absolute Gasteiger partial charge is 0.309 e. The fourth-order valence-corrected chi connectivity index (χ4v) is 21.3. The number of benzene rings is 19. The standard InChI is InChI=1S/C42H27N3.C36H22N2S.C36H24N2/c1-6-20-35-30(15-1)31-16-2-7-21-36(31)43(35)28-13-11-14-29(27-28)44-39-24-10-5-19-34(39)42-40(44)25-12-26-41(42)45-37-22-8-3-17-32(37)33-18-4-9-23-38(33)45;1-5-14-29-24(10-1)25-11-2-6-15-30(25)38(29)33-18-9-17-32-36(33)27-13-3-7-16-31(27)37(32)23-20-21-35-28(22-23)26-12-4-8-19-34(26)39-35;1-2-12-25(13-3-1)26-14-10-15-27(24-26)37-33-21-9-6-18-30(33)36-34(37)22-11-23-35(36)38-31-19-7-4-16-28(31)29-17-5-8-20-32(29)38/h1-27H;1-22H;1-24H. The van der Waals surface area contributed by atoms with Crippen molar-refractivity contribution in [2.75, 3.05) is 0 Å². The summed E-state index contributed by atoms with van der Waals surface area (Å²) in [5.74, 6) is 0. The Morgan fingerprint density at radius 3 is 0.730 bits per heavy atom. The maximum Gasteiger partial charge on any atom is 0.0562 e. The van der Waals surface area contributed by atoms with Crippen molar-refractivity contribution in [3.05, 3.63) is 443 Å². The second kappa shape index (κ2) is 27.8. The molecule has 8 heteroatoms. The molecular weight excluding hydrogens is 1500 g/mol. The van der Waals surface area contributed by atoms with Crippen molar-refractivity contribution in [3.8, 4) is 50.9 Å². The molecule has 27 aromatic rings.